The first-order valence-corrected chi connectivity index (χ1v) is 7.88. The van der Waals surface area contributed by atoms with Gasteiger partial charge in [0.15, 0.2) is 8.80 Å². The van der Waals surface area contributed by atoms with Crippen LogP contribution in [0.15, 0.2) is 53.1 Å². The normalized spacial score (nSPS) is 19.9. The van der Waals surface area contributed by atoms with Crippen LogP contribution in [0.2, 0.25) is 0 Å². The molecule has 0 radical (unpaired) electrons. The van der Waals surface area contributed by atoms with Gasteiger partial charge in [0.25, 0.3) is 0 Å². The molecule has 1 nitrogen and oxygen atoms in total. The number of methoxy groups -OCH3 is 1. The van der Waals surface area contributed by atoms with Crippen LogP contribution in [0.5, 0.6) is 0 Å². The number of hydrogen-bond acceptors (Lipinski definition) is 1. The quantitative estimate of drug-likeness (QED) is 0.727. The zero-order valence-corrected chi connectivity index (χ0v) is 12.2. The number of ether oxygens (including phenoxy) is 1. The van der Waals surface area contributed by atoms with E-state index in [1.165, 1.54) is 16.1 Å². The van der Waals surface area contributed by atoms with Gasteiger partial charge in [-0.3, -0.25) is 0 Å². The molecule has 2 heteroatoms. The summed E-state index contributed by atoms with van der Waals surface area (Å²) < 4.78 is 5.70. The number of allylic oxidation sites excluding steroid dienone is 2. The van der Waals surface area contributed by atoms with Crippen molar-refractivity contribution in [1.29, 1.82) is 0 Å². The summed E-state index contributed by atoms with van der Waals surface area (Å²) in [6.07, 6.45) is 2.27. The largest absolute Gasteiger partial charge is 0.505 e. The highest BCUT2D eigenvalue weighted by atomic mass is 28.3. The summed E-state index contributed by atoms with van der Waals surface area (Å²) in [5, 5.41) is 2.66. The molecule has 1 heterocycles. The van der Waals surface area contributed by atoms with Gasteiger partial charge in [0, 0.05) is 0 Å². The molecule has 0 aromatic heterocycles. The van der Waals surface area contributed by atoms with E-state index in [9.17, 15) is 0 Å². The number of benzene rings is 1. The highest BCUT2D eigenvalue weighted by molar-refractivity contribution is 6.84. The molecular weight excluding hydrogens is 224 g/mol. The Morgan fingerprint density at radius 1 is 1.06 bits per heavy atom. The van der Waals surface area contributed by atoms with Crippen molar-refractivity contribution < 1.29 is 4.74 Å². The fraction of sp³-hybridized carbons (Fsp3) is 0.333. The maximum atomic E-state index is 5.70. The Balaban J connectivity index is 2.41. The van der Waals surface area contributed by atoms with Crippen LogP contribution in [0.4, 0.5) is 0 Å². The van der Waals surface area contributed by atoms with Crippen molar-refractivity contribution in [3.8, 4) is 0 Å². The fourth-order valence-electron chi connectivity index (χ4n) is 2.31. The average Bonchev–Trinajstić information content (AvgIpc) is 2.73. The molecule has 0 saturated heterocycles. The molecule has 0 fully saturated rings. The lowest BCUT2D eigenvalue weighted by Crippen LogP contribution is -2.31. The molecule has 1 aliphatic heterocycles. The average molecular weight is 244 g/mol. The zero-order chi connectivity index (χ0) is 12.5. The summed E-state index contributed by atoms with van der Waals surface area (Å²) in [5.74, 6) is 0. The lowest BCUT2D eigenvalue weighted by molar-refractivity contribution is 0.306. The molecule has 1 aromatic rings. The Bertz CT molecular complexity index is 452. The highest BCUT2D eigenvalue weighted by Gasteiger charge is 2.30. The molecule has 0 N–H and O–H groups in total. The molecule has 1 unspecified atom stereocenters. The first-order valence-electron chi connectivity index (χ1n) is 6.06. The van der Waals surface area contributed by atoms with Crippen molar-refractivity contribution in [2.24, 2.45) is 5.41 Å². The van der Waals surface area contributed by atoms with E-state index < -0.39 is 8.80 Å². The van der Waals surface area contributed by atoms with E-state index in [-0.39, 0.29) is 5.41 Å². The molecule has 0 amide bonds. The second kappa shape index (κ2) is 4.53. The van der Waals surface area contributed by atoms with Gasteiger partial charge in [0.05, 0.1) is 12.5 Å². The van der Waals surface area contributed by atoms with Crippen molar-refractivity contribution in [3.63, 3.8) is 0 Å². The van der Waals surface area contributed by atoms with Crippen LogP contribution in [-0.4, -0.2) is 15.9 Å². The molecular formula is C15H20OSi. The third-order valence-electron chi connectivity index (χ3n) is 3.19. The van der Waals surface area contributed by atoms with E-state index in [4.69, 9.17) is 4.74 Å². The van der Waals surface area contributed by atoms with Crippen molar-refractivity contribution in [2.45, 2.75) is 20.8 Å². The number of rotatable bonds is 2. The van der Waals surface area contributed by atoms with E-state index in [0.29, 0.717) is 0 Å². The van der Waals surface area contributed by atoms with Crippen LogP contribution in [0, 0.1) is 5.41 Å². The van der Waals surface area contributed by atoms with Gasteiger partial charge < -0.3 is 4.74 Å². The molecule has 90 valence electrons. The first kappa shape index (κ1) is 12.2. The molecule has 0 aliphatic carbocycles. The third-order valence-corrected chi connectivity index (χ3v) is 5.98. The predicted molar refractivity (Wildman–Crippen MR) is 75.9 cm³/mol. The van der Waals surface area contributed by atoms with Gasteiger partial charge in [-0.1, -0.05) is 62.9 Å². The molecule has 0 bridgehead atoms. The topological polar surface area (TPSA) is 9.23 Å². The van der Waals surface area contributed by atoms with Gasteiger partial charge in [0.1, 0.15) is 0 Å². The van der Waals surface area contributed by atoms with Gasteiger partial charge in [-0.25, -0.2) is 0 Å². The maximum Gasteiger partial charge on any atom is 0.169 e. The SMILES string of the molecule is COC1=C(C(C)(C)C)C=C[SiH]1c1ccccc1. The van der Waals surface area contributed by atoms with Gasteiger partial charge in [0.2, 0.25) is 0 Å². The Kier molecular flexibility index (Phi) is 3.25. The number of hydrogen-bond donors (Lipinski definition) is 0. The minimum Gasteiger partial charge on any atom is -0.505 e. The van der Waals surface area contributed by atoms with Crippen LogP contribution in [0.1, 0.15) is 20.8 Å². The first-order chi connectivity index (χ1) is 8.04. The van der Waals surface area contributed by atoms with E-state index >= 15 is 0 Å². The summed E-state index contributed by atoms with van der Waals surface area (Å²) in [7, 11) is 0.567. The summed E-state index contributed by atoms with van der Waals surface area (Å²) in [6, 6.07) is 10.7. The van der Waals surface area contributed by atoms with Crippen molar-refractivity contribution in [2.75, 3.05) is 7.11 Å². The minimum absolute atomic E-state index is 0.165. The van der Waals surface area contributed by atoms with Crippen molar-refractivity contribution in [1.82, 2.24) is 0 Å². The second-order valence-electron chi connectivity index (χ2n) is 5.48. The Morgan fingerprint density at radius 3 is 2.24 bits per heavy atom. The maximum absolute atomic E-state index is 5.70. The summed E-state index contributed by atoms with van der Waals surface area (Å²) in [4.78, 5) is 0. The lowest BCUT2D eigenvalue weighted by atomic mass is 9.87. The summed E-state index contributed by atoms with van der Waals surface area (Å²) >= 11 is 0. The smallest absolute Gasteiger partial charge is 0.169 e. The van der Waals surface area contributed by atoms with E-state index in [0.717, 1.165) is 0 Å². The van der Waals surface area contributed by atoms with E-state index in [2.05, 4.69) is 62.9 Å². The Labute approximate surface area is 105 Å². The second-order valence-corrected chi connectivity index (χ2v) is 8.01. The van der Waals surface area contributed by atoms with Crippen molar-refractivity contribution in [3.05, 3.63) is 53.1 Å². The Hall–Kier alpha value is -1.28. The van der Waals surface area contributed by atoms with Crippen LogP contribution < -0.4 is 5.19 Å². The highest BCUT2D eigenvalue weighted by Crippen LogP contribution is 2.34. The third kappa shape index (κ3) is 2.37. The van der Waals surface area contributed by atoms with E-state index in [1.807, 2.05) is 0 Å². The van der Waals surface area contributed by atoms with Crippen molar-refractivity contribution >= 4 is 14.0 Å². The van der Waals surface area contributed by atoms with Crippen LogP contribution in [-0.2, 0) is 4.74 Å². The minimum atomic E-state index is -1.24. The standard InChI is InChI=1S/C15H20OSi/c1-15(2,3)13-10-11-17(14(13)16-4)12-8-6-5-7-9-12/h5-11,17H,1-4H3. The fourth-order valence-corrected chi connectivity index (χ4v) is 5.15. The van der Waals surface area contributed by atoms with Gasteiger partial charge in [-0.05, 0) is 16.2 Å². The molecule has 1 atom stereocenters. The van der Waals surface area contributed by atoms with E-state index in [1.54, 1.807) is 7.11 Å². The van der Waals surface area contributed by atoms with Crippen LogP contribution in [0.3, 0.4) is 0 Å². The molecule has 1 aliphatic rings. The van der Waals surface area contributed by atoms with Gasteiger partial charge in [-0.15, -0.1) is 0 Å². The monoisotopic (exact) mass is 244 g/mol. The summed E-state index contributed by atoms with van der Waals surface area (Å²) in [6.45, 7) is 6.73. The Morgan fingerprint density at radius 2 is 1.71 bits per heavy atom. The molecule has 17 heavy (non-hydrogen) atoms. The lowest BCUT2D eigenvalue weighted by Gasteiger charge is -2.22. The van der Waals surface area contributed by atoms with Gasteiger partial charge in [-0.2, -0.15) is 0 Å². The van der Waals surface area contributed by atoms with Crippen LogP contribution in [0.25, 0.3) is 0 Å². The molecule has 0 saturated carbocycles. The summed E-state index contributed by atoms with van der Waals surface area (Å²) in [5.41, 5.74) is 3.90. The molecule has 1 aromatic carbocycles. The molecule has 2 rings (SSSR count). The van der Waals surface area contributed by atoms with Crippen LogP contribution >= 0.6 is 0 Å². The van der Waals surface area contributed by atoms with Gasteiger partial charge >= 0.3 is 0 Å². The zero-order valence-electron chi connectivity index (χ0n) is 11.0. The molecule has 0 spiro atoms. The predicted octanol–water partition coefficient (Wildman–Crippen LogP) is 2.72.